The van der Waals surface area contributed by atoms with Crippen molar-refractivity contribution in [1.29, 1.82) is 0 Å². The number of benzene rings is 2. The highest BCUT2D eigenvalue weighted by molar-refractivity contribution is 6.35. The molecule has 156 valence electrons. The van der Waals surface area contributed by atoms with Crippen molar-refractivity contribution in [2.24, 2.45) is 0 Å². The molecule has 0 aromatic heterocycles. The first-order valence-electron chi connectivity index (χ1n) is 8.79. The number of ether oxygens (including phenoxy) is 2. The van der Waals surface area contributed by atoms with Gasteiger partial charge in [-0.05, 0) is 29.8 Å². The van der Waals surface area contributed by atoms with Gasteiger partial charge in [-0.25, -0.2) is 4.79 Å². The van der Waals surface area contributed by atoms with Gasteiger partial charge < -0.3 is 14.4 Å². The number of nitrogens with zero attached hydrogens (tertiary/aromatic N) is 1. The molecule has 0 aliphatic carbocycles. The minimum atomic E-state index is -4.87. The largest absolute Gasteiger partial charge is 0.466 e. The minimum absolute atomic E-state index is 0.0732. The third-order valence-corrected chi connectivity index (χ3v) is 5.41. The van der Waals surface area contributed by atoms with E-state index in [9.17, 15) is 18.0 Å². The van der Waals surface area contributed by atoms with E-state index in [-0.39, 0.29) is 16.3 Å². The Balaban J connectivity index is 2.01. The standard InChI is InChI=1S/C21H14Cl2F3NO3/c1-29-20(28)17-18(13-8-7-12(22)10-14(13)23)30-16-9-6-11-4-2-3-5-15(11)27(16)19(17)21(24,25)26/h2-10,16,18H,1H3/t16-,18+/m1/s1. The van der Waals surface area contributed by atoms with Gasteiger partial charge in [-0.2, -0.15) is 13.2 Å². The highest BCUT2D eigenvalue weighted by Crippen LogP contribution is 2.49. The molecule has 0 saturated heterocycles. The number of anilines is 1. The maximum atomic E-state index is 14.4. The smallest absolute Gasteiger partial charge is 0.432 e. The van der Waals surface area contributed by atoms with E-state index >= 15 is 0 Å². The molecule has 0 spiro atoms. The number of alkyl halides is 3. The zero-order valence-electron chi connectivity index (χ0n) is 15.4. The Morgan fingerprint density at radius 3 is 2.57 bits per heavy atom. The highest BCUT2D eigenvalue weighted by atomic mass is 35.5. The van der Waals surface area contributed by atoms with E-state index in [2.05, 4.69) is 0 Å². The lowest BCUT2D eigenvalue weighted by Gasteiger charge is -2.44. The van der Waals surface area contributed by atoms with Crippen molar-refractivity contribution < 1.29 is 27.4 Å². The van der Waals surface area contributed by atoms with Crippen molar-refractivity contribution in [1.82, 2.24) is 0 Å². The zero-order chi connectivity index (χ0) is 21.6. The van der Waals surface area contributed by atoms with Gasteiger partial charge in [-0.3, -0.25) is 0 Å². The van der Waals surface area contributed by atoms with Crippen LogP contribution in [0.25, 0.3) is 6.08 Å². The Kier molecular flexibility index (Phi) is 5.30. The normalized spacial score (nSPS) is 20.7. The molecule has 0 N–H and O–H groups in total. The van der Waals surface area contributed by atoms with E-state index in [1.807, 2.05) is 0 Å². The monoisotopic (exact) mass is 455 g/mol. The van der Waals surface area contributed by atoms with Gasteiger partial charge in [0.25, 0.3) is 0 Å². The number of esters is 1. The Bertz CT molecular complexity index is 1080. The summed E-state index contributed by atoms with van der Waals surface area (Å²) in [5.74, 6) is -1.16. The average molecular weight is 456 g/mol. The second-order valence-electron chi connectivity index (χ2n) is 6.61. The third kappa shape index (κ3) is 3.47. The first kappa shape index (κ1) is 20.8. The SMILES string of the molecule is COC(=O)C1=C(C(F)(F)F)N2c3ccccc3C=C[C@H]2O[C@H]1c1ccc(Cl)cc1Cl. The van der Waals surface area contributed by atoms with E-state index in [1.54, 1.807) is 24.3 Å². The van der Waals surface area contributed by atoms with Crippen LogP contribution in [-0.4, -0.2) is 25.5 Å². The number of carbonyl (C=O) groups excluding carboxylic acids is 1. The van der Waals surface area contributed by atoms with Crippen molar-refractivity contribution in [2.75, 3.05) is 12.0 Å². The molecular weight excluding hydrogens is 442 g/mol. The van der Waals surface area contributed by atoms with Crippen molar-refractivity contribution in [3.63, 3.8) is 0 Å². The number of halogens is 5. The van der Waals surface area contributed by atoms with Gasteiger partial charge in [0.1, 0.15) is 11.8 Å². The van der Waals surface area contributed by atoms with Gasteiger partial charge in [0.15, 0.2) is 6.23 Å². The molecule has 2 atom stereocenters. The first-order valence-corrected chi connectivity index (χ1v) is 9.54. The second kappa shape index (κ2) is 7.65. The van der Waals surface area contributed by atoms with Crippen LogP contribution < -0.4 is 4.90 Å². The van der Waals surface area contributed by atoms with Gasteiger partial charge >= 0.3 is 12.1 Å². The van der Waals surface area contributed by atoms with Crippen molar-refractivity contribution in [2.45, 2.75) is 18.5 Å². The number of allylic oxidation sites excluding steroid dienone is 1. The molecule has 2 heterocycles. The molecule has 0 saturated carbocycles. The van der Waals surface area contributed by atoms with E-state index < -0.39 is 35.7 Å². The average Bonchev–Trinajstić information content (AvgIpc) is 2.71. The highest BCUT2D eigenvalue weighted by Gasteiger charge is 2.51. The van der Waals surface area contributed by atoms with Crippen LogP contribution in [0.2, 0.25) is 10.0 Å². The Morgan fingerprint density at radius 1 is 1.17 bits per heavy atom. The zero-order valence-corrected chi connectivity index (χ0v) is 16.9. The van der Waals surface area contributed by atoms with Crippen molar-refractivity contribution in [3.05, 3.63) is 81.0 Å². The summed E-state index contributed by atoms with van der Waals surface area (Å²) in [5.41, 5.74) is -0.838. The van der Waals surface area contributed by atoms with Crippen LogP contribution in [0.3, 0.4) is 0 Å². The van der Waals surface area contributed by atoms with Crippen LogP contribution in [0, 0.1) is 0 Å². The number of carbonyl (C=O) groups is 1. The fourth-order valence-corrected chi connectivity index (χ4v) is 4.13. The number of para-hydroxylation sites is 1. The molecule has 0 bridgehead atoms. The molecule has 0 unspecified atom stereocenters. The predicted molar refractivity (Wildman–Crippen MR) is 107 cm³/mol. The van der Waals surface area contributed by atoms with Crippen molar-refractivity contribution >= 4 is 40.9 Å². The minimum Gasteiger partial charge on any atom is -0.466 e. The summed E-state index contributed by atoms with van der Waals surface area (Å²) in [7, 11) is 1.01. The van der Waals surface area contributed by atoms with Crippen LogP contribution in [0.5, 0.6) is 0 Å². The van der Waals surface area contributed by atoms with Crippen LogP contribution in [-0.2, 0) is 14.3 Å². The summed E-state index contributed by atoms with van der Waals surface area (Å²) >= 11 is 12.2. The number of methoxy groups -OCH3 is 1. The molecule has 0 amide bonds. The molecule has 2 aromatic rings. The van der Waals surface area contributed by atoms with Gasteiger partial charge in [0, 0.05) is 15.6 Å². The van der Waals surface area contributed by atoms with Crippen LogP contribution in [0.1, 0.15) is 17.2 Å². The number of rotatable bonds is 2. The summed E-state index contributed by atoms with van der Waals surface area (Å²) in [4.78, 5) is 13.6. The Morgan fingerprint density at radius 2 is 1.90 bits per heavy atom. The molecule has 4 nitrogen and oxygen atoms in total. The molecule has 9 heteroatoms. The number of hydrogen-bond donors (Lipinski definition) is 0. The van der Waals surface area contributed by atoms with E-state index in [0.29, 0.717) is 10.6 Å². The van der Waals surface area contributed by atoms with Crippen LogP contribution in [0.4, 0.5) is 18.9 Å². The van der Waals surface area contributed by atoms with Gasteiger partial charge in [-0.1, -0.05) is 53.5 Å². The van der Waals surface area contributed by atoms with Gasteiger partial charge in [0.2, 0.25) is 0 Å². The summed E-state index contributed by atoms with van der Waals surface area (Å²) in [5, 5.41) is 0.372. The Labute approximate surface area is 180 Å². The van der Waals surface area contributed by atoms with E-state index in [4.69, 9.17) is 32.7 Å². The summed E-state index contributed by atoms with van der Waals surface area (Å²) in [6, 6.07) is 10.8. The van der Waals surface area contributed by atoms with Gasteiger partial charge in [0.05, 0.1) is 18.4 Å². The summed E-state index contributed by atoms with van der Waals surface area (Å²) < 4.78 is 53.8. The molecule has 0 fully saturated rings. The van der Waals surface area contributed by atoms with Crippen LogP contribution in [0.15, 0.2) is 59.8 Å². The maximum absolute atomic E-state index is 14.4. The van der Waals surface area contributed by atoms with E-state index in [0.717, 1.165) is 12.0 Å². The molecule has 2 aliphatic rings. The summed E-state index contributed by atoms with van der Waals surface area (Å²) in [6.07, 6.45) is -4.22. The fourth-order valence-electron chi connectivity index (χ4n) is 3.62. The molecule has 2 aromatic carbocycles. The molecule has 30 heavy (non-hydrogen) atoms. The number of hydrogen-bond acceptors (Lipinski definition) is 4. The Hall–Kier alpha value is -2.48. The lowest BCUT2D eigenvalue weighted by Crippen LogP contribution is -2.49. The molecule has 0 radical (unpaired) electrons. The van der Waals surface area contributed by atoms with E-state index in [1.165, 1.54) is 30.3 Å². The topological polar surface area (TPSA) is 38.8 Å². The molecule has 2 aliphatic heterocycles. The van der Waals surface area contributed by atoms with Crippen LogP contribution >= 0.6 is 23.2 Å². The molecular formula is C21H14Cl2F3NO3. The third-order valence-electron chi connectivity index (χ3n) is 4.84. The summed E-state index contributed by atoms with van der Waals surface area (Å²) in [6.45, 7) is 0. The maximum Gasteiger partial charge on any atom is 0.432 e. The second-order valence-corrected chi connectivity index (χ2v) is 7.46. The van der Waals surface area contributed by atoms with Gasteiger partial charge in [-0.15, -0.1) is 0 Å². The fraction of sp³-hybridized carbons (Fsp3) is 0.190. The number of fused-ring (bicyclic) bond motifs is 3. The first-order chi connectivity index (χ1) is 14.2. The quantitative estimate of drug-likeness (QED) is 0.527. The molecule has 4 rings (SSSR count). The predicted octanol–water partition coefficient (Wildman–Crippen LogP) is 5.91. The lowest BCUT2D eigenvalue weighted by molar-refractivity contribution is -0.142. The van der Waals surface area contributed by atoms with Crippen molar-refractivity contribution in [3.8, 4) is 0 Å². The lowest BCUT2D eigenvalue weighted by atomic mass is 9.94.